The van der Waals surface area contributed by atoms with Gasteiger partial charge in [-0.05, 0) is 34.5 Å². The molecule has 0 bridgehead atoms. The summed E-state index contributed by atoms with van der Waals surface area (Å²) < 4.78 is 3.00. The standard InChI is InChI=1S/C9H10BrN3/c1-6-9(10)13-5-7(4-11)2-3-8(13)12-6/h2-3,5H,4,11H2,1H3. The molecule has 0 fully saturated rings. The van der Waals surface area contributed by atoms with E-state index >= 15 is 0 Å². The lowest BCUT2D eigenvalue weighted by Crippen LogP contribution is -1.98. The van der Waals surface area contributed by atoms with Crippen LogP contribution >= 0.6 is 15.9 Å². The molecule has 2 aromatic rings. The van der Waals surface area contributed by atoms with Crippen LogP contribution in [0.4, 0.5) is 0 Å². The Morgan fingerprint density at radius 2 is 2.31 bits per heavy atom. The third-order valence-electron chi connectivity index (χ3n) is 2.02. The van der Waals surface area contributed by atoms with Crippen LogP contribution in [0.25, 0.3) is 5.65 Å². The molecule has 0 aliphatic rings. The van der Waals surface area contributed by atoms with Crippen LogP contribution in [-0.2, 0) is 6.54 Å². The first-order chi connectivity index (χ1) is 6.22. The molecule has 0 radical (unpaired) electrons. The highest BCUT2D eigenvalue weighted by atomic mass is 79.9. The smallest absolute Gasteiger partial charge is 0.137 e. The van der Waals surface area contributed by atoms with Crippen molar-refractivity contribution in [3.8, 4) is 0 Å². The van der Waals surface area contributed by atoms with Gasteiger partial charge in [0.05, 0.1) is 5.69 Å². The van der Waals surface area contributed by atoms with Gasteiger partial charge in [-0.25, -0.2) is 4.98 Å². The topological polar surface area (TPSA) is 43.3 Å². The van der Waals surface area contributed by atoms with Gasteiger partial charge < -0.3 is 5.73 Å². The second-order valence-corrected chi connectivity index (χ2v) is 3.71. The number of nitrogens with zero attached hydrogens (tertiary/aromatic N) is 2. The summed E-state index contributed by atoms with van der Waals surface area (Å²) in [5, 5.41) is 0. The average Bonchev–Trinajstić information content (AvgIpc) is 2.43. The molecule has 2 N–H and O–H groups in total. The SMILES string of the molecule is Cc1nc2ccc(CN)cn2c1Br. The zero-order valence-electron chi connectivity index (χ0n) is 7.29. The van der Waals surface area contributed by atoms with Gasteiger partial charge in [0.2, 0.25) is 0 Å². The minimum absolute atomic E-state index is 0.555. The van der Waals surface area contributed by atoms with Gasteiger partial charge in [-0.2, -0.15) is 0 Å². The Bertz CT molecular complexity index is 447. The van der Waals surface area contributed by atoms with Gasteiger partial charge in [0, 0.05) is 12.7 Å². The maximum Gasteiger partial charge on any atom is 0.137 e. The number of aromatic nitrogens is 2. The maximum absolute atomic E-state index is 5.55. The van der Waals surface area contributed by atoms with Crippen LogP contribution in [0.15, 0.2) is 22.9 Å². The molecule has 0 atom stereocenters. The normalized spacial score (nSPS) is 11.0. The average molecular weight is 240 g/mol. The first-order valence-corrected chi connectivity index (χ1v) is 4.85. The van der Waals surface area contributed by atoms with E-state index in [0.717, 1.165) is 21.5 Å². The van der Waals surface area contributed by atoms with Crippen molar-refractivity contribution in [3.05, 3.63) is 34.2 Å². The minimum atomic E-state index is 0.555. The molecule has 13 heavy (non-hydrogen) atoms. The van der Waals surface area contributed by atoms with E-state index < -0.39 is 0 Å². The van der Waals surface area contributed by atoms with E-state index in [0.29, 0.717) is 6.54 Å². The summed E-state index contributed by atoms with van der Waals surface area (Å²) in [6.07, 6.45) is 2.00. The van der Waals surface area contributed by atoms with Gasteiger partial charge in [0.25, 0.3) is 0 Å². The highest BCUT2D eigenvalue weighted by Crippen LogP contribution is 2.18. The summed E-state index contributed by atoms with van der Waals surface area (Å²) in [4.78, 5) is 4.36. The van der Waals surface area contributed by atoms with Crippen LogP contribution < -0.4 is 5.73 Å². The molecule has 3 nitrogen and oxygen atoms in total. The molecule has 0 unspecified atom stereocenters. The molecule has 2 rings (SSSR count). The lowest BCUT2D eigenvalue weighted by atomic mass is 10.3. The first kappa shape index (κ1) is 8.72. The number of rotatable bonds is 1. The molecule has 68 valence electrons. The number of hydrogen-bond donors (Lipinski definition) is 1. The molecular formula is C9H10BrN3. The van der Waals surface area contributed by atoms with Crippen LogP contribution in [0.5, 0.6) is 0 Å². The van der Waals surface area contributed by atoms with E-state index in [4.69, 9.17) is 5.73 Å². The summed E-state index contributed by atoms with van der Waals surface area (Å²) >= 11 is 3.47. The Balaban J connectivity index is 2.75. The number of halogens is 1. The summed E-state index contributed by atoms with van der Waals surface area (Å²) in [6, 6.07) is 3.97. The molecule has 0 spiro atoms. The molecule has 2 aromatic heterocycles. The quantitative estimate of drug-likeness (QED) is 0.826. The lowest BCUT2D eigenvalue weighted by Gasteiger charge is -1.98. The Hall–Kier alpha value is -0.870. The Morgan fingerprint density at radius 1 is 1.54 bits per heavy atom. The predicted molar refractivity (Wildman–Crippen MR) is 55.5 cm³/mol. The zero-order valence-corrected chi connectivity index (χ0v) is 8.87. The second-order valence-electron chi connectivity index (χ2n) is 2.96. The van der Waals surface area contributed by atoms with Crippen molar-refractivity contribution in [3.63, 3.8) is 0 Å². The maximum atomic E-state index is 5.55. The van der Waals surface area contributed by atoms with Crippen LogP contribution in [0, 0.1) is 6.92 Å². The Labute approximate surface area is 84.7 Å². The predicted octanol–water partition coefficient (Wildman–Crippen LogP) is 1.86. The number of nitrogens with two attached hydrogens (primary N) is 1. The van der Waals surface area contributed by atoms with Crippen molar-refractivity contribution >= 4 is 21.6 Å². The Morgan fingerprint density at radius 3 is 3.00 bits per heavy atom. The molecule has 0 aromatic carbocycles. The largest absolute Gasteiger partial charge is 0.326 e. The van der Waals surface area contributed by atoms with Crippen molar-refractivity contribution in [1.29, 1.82) is 0 Å². The second kappa shape index (κ2) is 3.12. The summed E-state index contributed by atoms with van der Waals surface area (Å²) in [7, 11) is 0. The monoisotopic (exact) mass is 239 g/mol. The van der Waals surface area contributed by atoms with E-state index in [9.17, 15) is 0 Å². The van der Waals surface area contributed by atoms with Crippen molar-refractivity contribution < 1.29 is 0 Å². The summed E-state index contributed by atoms with van der Waals surface area (Å²) in [5.41, 5.74) is 8.59. The highest BCUT2D eigenvalue weighted by molar-refractivity contribution is 9.10. The van der Waals surface area contributed by atoms with Gasteiger partial charge in [0.15, 0.2) is 0 Å². The Kier molecular flexibility index (Phi) is 2.09. The van der Waals surface area contributed by atoms with Crippen LogP contribution in [0.1, 0.15) is 11.3 Å². The van der Waals surface area contributed by atoms with Gasteiger partial charge in [-0.1, -0.05) is 6.07 Å². The molecule has 0 aliphatic heterocycles. The fourth-order valence-electron chi connectivity index (χ4n) is 1.30. The van der Waals surface area contributed by atoms with Crippen LogP contribution in [0.2, 0.25) is 0 Å². The van der Waals surface area contributed by atoms with Gasteiger partial charge in [0.1, 0.15) is 10.3 Å². The van der Waals surface area contributed by atoms with Crippen molar-refractivity contribution in [2.75, 3.05) is 0 Å². The lowest BCUT2D eigenvalue weighted by molar-refractivity contribution is 1.02. The molecular weight excluding hydrogens is 230 g/mol. The fourth-order valence-corrected chi connectivity index (χ4v) is 1.67. The molecule has 0 saturated carbocycles. The van der Waals surface area contributed by atoms with Crippen LogP contribution in [-0.4, -0.2) is 9.38 Å². The number of aryl methyl sites for hydroxylation is 1. The number of imidazole rings is 1. The van der Waals surface area contributed by atoms with Crippen LogP contribution in [0.3, 0.4) is 0 Å². The third kappa shape index (κ3) is 1.36. The minimum Gasteiger partial charge on any atom is -0.326 e. The van der Waals surface area contributed by atoms with Crippen molar-refractivity contribution in [2.24, 2.45) is 5.73 Å². The van der Waals surface area contributed by atoms with Gasteiger partial charge in [-0.15, -0.1) is 0 Å². The molecule has 0 amide bonds. The third-order valence-corrected chi connectivity index (χ3v) is 2.97. The highest BCUT2D eigenvalue weighted by Gasteiger charge is 2.04. The van der Waals surface area contributed by atoms with E-state index in [1.54, 1.807) is 0 Å². The molecule has 0 aliphatic carbocycles. The summed E-state index contributed by atoms with van der Waals surface area (Å²) in [6.45, 7) is 2.53. The molecule has 4 heteroatoms. The van der Waals surface area contributed by atoms with E-state index in [1.165, 1.54) is 0 Å². The number of pyridine rings is 1. The van der Waals surface area contributed by atoms with E-state index in [1.807, 2.05) is 29.7 Å². The van der Waals surface area contributed by atoms with E-state index in [2.05, 4.69) is 20.9 Å². The van der Waals surface area contributed by atoms with Gasteiger partial charge in [-0.3, -0.25) is 4.40 Å². The van der Waals surface area contributed by atoms with Gasteiger partial charge >= 0.3 is 0 Å². The summed E-state index contributed by atoms with van der Waals surface area (Å²) in [5.74, 6) is 0. The fraction of sp³-hybridized carbons (Fsp3) is 0.222. The van der Waals surface area contributed by atoms with Crippen molar-refractivity contribution in [1.82, 2.24) is 9.38 Å². The number of hydrogen-bond acceptors (Lipinski definition) is 2. The number of fused-ring (bicyclic) bond motifs is 1. The first-order valence-electron chi connectivity index (χ1n) is 4.05. The molecule has 0 saturated heterocycles. The zero-order chi connectivity index (χ0) is 9.42. The molecule has 2 heterocycles. The van der Waals surface area contributed by atoms with E-state index in [-0.39, 0.29) is 0 Å². The van der Waals surface area contributed by atoms with Crippen molar-refractivity contribution in [2.45, 2.75) is 13.5 Å².